The standard InChI is InChI=1S/C22H33N5O/c1-17(2)9-10-20(28)25-15-22(18-7-5-4-6-8-18)13-11-19(12-14-22)27-21(24-3)26-16-23/h4-8,17,19H,9-15H2,1-3H3,(H,25,28)(H2,24,26,27). The van der Waals surface area contributed by atoms with E-state index in [4.69, 9.17) is 5.26 Å². The Kier molecular flexibility index (Phi) is 8.31. The van der Waals surface area contributed by atoms with Gasteiger partial charge in [-0.3, -0.25) is 15.1 Å². The van der Waals surface area contributed by atoms with Gasteiger partial charge < -0.3 is 10.6 Å². The summed E-state index contributed by atoms with van der Waals surface area (Å²) < 4.78 is 0. The maximum atomic E-state index is 12.3. The van der Waals surface area contributed by atoms with Gasteiger partial charge in [0.05, 0.1) is 0 Å². The van der Waals surface area contributed by atoms with Gasteiger partial charge in [-0.15, -0.1) is 0 Å². The molecule has 3 N–H and O–H groups in total. The monoisotopic (exact) mass is 383 g/mol. The number of nitrogens with one attached hydrogen (secondary N) is 3. The van der Waals surface area contributed by atoms with E-state index in [-0.39, 0.29) is 17.4 Å². The number of nitrogens with zero attached hydrogens (tertiary/aromatic N) is 2. The quantitative estimate of drug-likeness (QED) is 0.292. The summed E-state index contributed by atoms with van der Waals surface area (Å²) >= 11 is 0. The van der Waals surface area contributed by atoms with Gasteiger partial charge >= 0.3 is 0 Å². The molecule has 152 valence electrons. The van der Waals surface area contributed by atoms with Crippen molar-refractivity contribution < 1.29 is 4.79 Å². The number of carbonyl (C=O) groups is 1. The Morgan fingerprint density at radius 2 is 1.96 bits per heavy atom. The van der Waals surface area contributed by atoms with Crippen LogP contribution in [0.4, 0.5) is 0 Å². The average molecular weight is 384 g/mol. The van der Waals surface area contributed by atoms with E-state index in [2.05, 4.69) is 59.1 Å². The molecule has 6 nitrogen and oxygen atoms in total. The van der Waals surface area contributed by atoms with E-state index in [0.717, 1.165) is 32.1 Å². The molecule has 1 aliphatic carbocycles. The Labute approximate surface area is 168 Å². The van der Waals surface area contributed by atoms with Crippen molar-refractivity contribution in [1.82, 2.24) is 16.0 Å². The Morgan fingerprint density at radius 1 is 1.29 bits per heavy atom. The Balaban J connectivity index is 2.02. The molecule has 28 heavy (non-hydrogen) atoms. The molecule has 1 fully saturated rings. The molecule has 0 bridgehead atoms. The normalized spacial score (nSPS) is 22.4. The van der Waals surface area contributed by atoms with E-state index in [1.807, 2.05) is 12.3 Å². The lowest BCUT2D eigenvalue weighted by molar-refractivity contribution is -0.121. The molecular weight excluding hydrogens is 350 g/mol. The third-order valence-corrected chi connectivity index (χ3v) is 5.64. The molecule has 0 spiro atoms. The Bertz CT molecular complexity index is 685. The van der Waals surface area contributed by atoms with Crippen molar-refractivity contribution in [3.8, 4) is 6.19 Å². The number of aliphatic imine (C=N–C) groups is 1. The predicted molar refractivity (Wildman–Crippen MR) is 113 cm³/mol. The first-order valence-corrected chi connectivity index (χ1v) is 10.2. The number of nitriles is 1. The van der Waals surface area contributed by atoms with Crippen molar-refractivity contribution in [3.63, 3.8) is 0 Å². The van der Waals surface area contributed by atoms with Gasteiger partial charge in [-0.2, -0.15) is 5.26 Å². The molecule has 0 heterocycles. The van der Waals surface area contributed by atoms with E-state index in [0.29, 0.717) is 24.8 Å². The van der Waals surface area contributed by atoms with Crippen LogP contribution in [0.3, 0.4) is 0 Å². The topological polar surface area (TPSA) is 89.3 Å². The number of amides is 1. The van der Waals surface area contributed by atoms with E-state index < -0.39 is 0 Å². The van der Waals surface area contributed by atoms with Gasteiger partial charge in [-0.05, 0) is 43.6 Å². The number of guanidine groups is 1. The summed E-state index contributed by atoms with van der Waals surface area (Å²) in [7, 11) is 1.66. The Morgan fingerprint density at radius 3 is 2.54 bits per heavy atom. The van der Waals surface area contributed by atoms with E-state index in [1.165, 1.54) is 5.56 Å². The highest BCUT2D eigenvalue weighted by atomic mass is 16.1. The maximum Gasteiger partial charge on any atom is 0.220 e. The molecule has 1 saturated carbocycles. The maximum absolute atomic E-state index is 12.3. The highest BCUT2D eigenvalue weighted by Gasteiger charge is 2.37. The fourth-order valence-electron chi connectivity index (χ4n) is 3.85. The van der Waals surface area contributed by atoms with Crippen molar-refractivity contribution >= 4 is 11.9 Å². The minimum atomic E-state index is -0.0426. The number of hydrogen-bond donors (Lipinski definition) is 3. The van der Waals surface area contributed by atoms with Crippen LogP contribution in [-0.2, 0) is 10.2 Å². The van der Waals surface area contributed by atoms with Gasteiger partial charge in [-0.1, -0.05) is 44.2 Å². The summed E-state index contributed by atoms with van der Waals surface area (Å²) in [5, 5.41) is 17.9. The molecule has 0 radical (unpaired) electrons. The van der Waals surface area contributed by atoms with E-state index >= 15 is 0 Å². The summed E-state index contributed by atoms with van der Waals surface area (Å²) in [5.41, 5.74) is 1.25. The molecule has 0 aliphatic heterocycles. The molecule has 1 aromatic carbocycles. The number of benzene rings is 1. The van der Waals surface area contributed by atoms with Crippen LogP contribution in [0.2, 0.25) is 0 Å². The molecule has 0 saturated heterocycles. The lowest BCUT2D eigenvalue weighted by Crippen LogP contribution is -2.49. The van der Waals surface area contributed by atoms with Crippen LogP contribution in [0.1, 0.15) is 57.9 Å². The molecule has 2 rings (SSSR count). The van der Waals surface area contributed by atoms with Crippen molar-refractivity contribution in [2.75, 3.05) is 13.6 Å². The number of carbonyl (C=O) groups excluding carboxylic acids is 1. The van der Waals surface area contributed by atoms with Crippen LogP contribution in [0.25, 0.3) is 0 Å². The molecule has 1 aromatic rings. The van der Waals surface area contributed by atoms with Crippen LogP contribution in [0.15, 0.2) is 35.3 Å². The average Bonchev–Trinajstić information content (AvgIpc) is 2.72. The van der Waals surface area contributed by atoms with Gasteiger partial charge in [0.2, 0.25) is 11.9 Å². The summed E-state index contributed by atoms with van der Waals surface area (Å²) in [6.07, 6.45) is 7.29. The van der Waals surface area contributed by atoms with Gasteiger partial charge in [0.15, 0.2) is 6.19 Å². The smallest absolute Gasteiger partial charge is 0.220 e. The summed E-state index contributed by atoms with van der Waals surface area (Å²) in [4.78, 5) is 16.4. The van der Waals surface area contributed by atoms with Gasteiger partial charge in [0.1, 0.15) is 0 Å². The zero-order valence-corrected chi connectivity index (χ0v) is 17.3. The molecule has 6 heteroatoms. The van der Waals surface area contributed by atoms with Crippen molar-refractivity contribution in [2.24, 2.45) is 10.9 Å². The van der Waals surface area contributed by atoms with E-state index in [9.17, 15) is 4.79 Å². The van der Waals surface area contributed by atoms with Crippen LogP contribution in [0, 0.1) is 17.4 Å². The predicted octanol–water partition coefficient (Wildman–Crippen LogP) is 3.07. The Hall–Kier alpha value is -2.55. The van der Waals surface area contributed by atoms with Gasteiger partial charge in [-0.25, -0.2) is 0 Å². The summed E-state index contributed by atoms with van der Waals surface area (Å²) in [6, 6.07) is 10.8. The first kappa shape index (κ1) is 21.7. The zero-order chi connectivity index (χ0) is 20.4. The molecule has 1 aliphatic rings. The van der Waals surface area contributed by atoms with Crippen LogP contribution in [-0.4, -0.2) is 31.5 Å². The first-order valence-electron chi connectivity index (χ1n) is 10.2. The third-order valence-electron chi connectivity index (χ3n) is 5.64. The molecular formula is C22H33N5O. The summed E-state index contributed by atoms with van der Waals surface area (Å²) in [6.45, 7) is 4.95. The number of rotatable bonds is 7. The van der Waals surface area contributed by atoms with Crippen molar-refractivity contribution in [3.05, 3.63) is 35.9 Å². The van der Waals surface area contributed by atoms with Crippen molar-refractivity contribution in [1.29, 1.82) is 5.26 Å². The minimum absolute atomic E-state index is 0.0426. The minimum Gasteiger partial charge on any atom is -0.355 e. The largest absolute Gasteiger partial charge is 0.355 e. The fraction of sp³-hybridized carbons (Fsp3) is 0.591. The fourth-order valence-corrected chi connectivity index (χ4v) is 3.85. The van der Waals surface area contributed by atoms with Gasteiger partial charge in [0.25, 0.3) is 0 Å². The second kappa shape index (κ2) is 10.7. The molecule has 0 atom stereocenters. The highest BCUT2D eigenvalue weighted by molar-refractivity contribution is 5.81. The van der Waals surface area contributed by atoms with Crippen LogP contribution < -0.4 is 16.0 Å². The summed E-state index contributed by atoms with van der Waals surface area (Å²) in [5.74, 6) is 1.19. The number of hydrogen-bond acceptors (Lipinski definition) is 3. The third kappa shape index (κ3) is 6.26. The van der Waals surface area contributed by atoms with Crippen LogP contribution >= 0.6 is 0 Å². The van der Waals surface area contributed by atoms with E-state index in [1.54, 1.807) is 7.05 Å². The lowest BCUT2D eigenvalue weighted by Gasteiger charge is -2.41. The highest BCUT2D eigenvalue weighted by Crippen LogP contribution is 2.39. The zero-order valence-electron chi connectivity index (χ0n) is 17.3. The molecule has 0 unspecified atom stereocenters. The van der Waals surface area contributed by atoms with Gasteiger partial charge in [0, 0.05) is 31.5 Å². The van der Waals surface area contributed by atoms with Crippen molar-refractivity contribution in [2.45, 2.75) is 63.8 Å². The second-order valence-corrected chi connectivity index (χ2v) is 8.08. The second-order valence-electron chi connectivity index (χ2n) is 8.08. The first-order chi connectivity index (χ1) is 13.5. The molecule has 0 aromatic heterocycles. The lowest BCUT2D eigenvalue weighted by atomic mass is 9.68. The SMILES string of the molecule is CN=C(NC#N)NC1CCC(CNC(=O)CCC(C)C)(c2ccccc2)CC1. The molecule has 1 amide bonds. The van der Waals surface area contributed by atoms with Crippen LogP contribution in [0.5, 0.6) is 0 Å².